The van der Waals surface area contributed by atoms with Crippen molar-refractivity contribution in [1.82, 2.24) is 6.15 Å². The summed E-state index contributed by atoms with van der Waals surface area (Å²) in [4.78, 5) is 11.0. The number of hydrogen-bond donors (Lipinski definition) is 2. The first-order valence-corrected chi connectivity index (χ1v) is 5.07. The summed E-state index contributed by atoms with van der Waals surface area (Å²) < 4.78 is 0. The van der Waals surface area contributed by atoms with E-state index in [1.165, 1.54) is 11.1 Å². The molecular weight excluding hydrogens is 188 g/mol. The molecule has 0 radical (unpaired) electrons. The predicted molar refractivity (Wildman–Crippen MR) is 64.5 cm³/mol. The zero-order valence-corrected chi connectivity index (χ0v) is 9.76. The van der Waals surface area contributed by atoms with Crippen LogP contribution in [0.3, 0.4) is 0 Å². The number of nitrogens with one attached hydrogen (secondary N) is 1. The van der Waals surface area contributed by atoms with E-state index in [2.05, 4.69) is 31.3 Å². The standard InChI is InChI=1S/C12H17NO.H3N/c1-4-10-7-6-8-11(5-2)12(10)13-9(3)14;/h6-8H,4-5H2,1-3H3,(H,13,14);1H3. The lowest BCUT2D eigenvalue weighted by Gasteiger charge is -2.12. The van der Waals surface area contributed by atoms with Crippen molar-refractivity contribution in [3.8, 4) is 0 Å². The van der Waals surface area contributed by atoms with Crippen LogP contribution in [-0.2, 0) is 17.6 Å². The molecule has 0 aliphatic rings. The molecule has 3 nitrogen and oxygen atoms in total. The Morgan fingerprint density at radius 3 is 2.00 bits per heavy atom. The van der Waals surface area contributed by atoms with Crippen LogP contribution in [0.5, 0.6) is 0 Å². The highest BCUT2D eigenvalue weighted by Gasteiger charge is 2.06. The molecule has 0 heterocycles. The highest BCUT2D eigenvalue weighted by Crippen LogP contribution is 2.22. The van der Waals surface area contributed by atoms with Gasteiger partial charge < -0.3 is 11.5 Å². The SMILES string of the molecule is CCc1cccc(CC)c1NC(C)=O.N. The van der Waals surface area contributed by atoms with E-state index in [1.54, 1.807) is 6.92 Å². The Hall–Kier alpha value is -1.35. The first-order valence-electron chi connectivity index (χ1n) is 5.07. The lowest BCUT2D eigenvalue weighted by Crippen LogP contribution is -2.10. The maximum atomic E-state index is 11.0. The molecule has 0 saturated heterocycles. The molecule has 1 aromatic carbocycles. The van der Waals surface area contributed by atoms with Gasteiger partial charge in [0.2, 0.25) is 5.91 Å². The molecule has 0 saturated carbocycles. The van der Waals surface area contributed by atoms with Crippen molar-refractivity contribution in [1.29, 1.82) is 0 Å². The van der Waals surface area contributed by atoms with Crippen LogP contribution < -0.4 is 11.5 Å². The third-order valence-corrected chi connectivity index (χ3v) is 2.30. The summed E-state index contributed by atoms with van der Waals surface area (Å²) in [5.74, 6) is 0.000556. The van der Waals surface area contributed by atoms with Crippen molar-refractivity contribution in [2.75, 3.05) is 5.32 Å². The van der Waals surface area contributed by atoms with Gasteiger partial charge in [0.15, 0.2) is 0 Å². The monoisotopic (exact) mass is 208 g/mol. The summed E-state index contributed by atoms with van der Waals surface area (Å²) in [5.41, 5.74) is 3.42. The van der Waals surface area contributed by atoms with E-state index in [4.69, 9.17) is 0 Å². The van der Waals surface area contributed by atoms with Crippen LogP contribution in [0.25, 0.3) is 0 Å². The molecular formula is C12H20N2O. The van der Waals surface area contributed by atoms with Crippen LogP contribution in [0.4, 0.5) is 5.69 Å². The van der Waals surface area contributed by atoms with Gasteiger partial charge in [-0.2, -0.15) is 0 Å². The van der Waals surface area contributed by atoms with Gasteiger partial charge >= 0.3 is 0 Å². The number of anilines is 1. The maximum Gasteiger partial charge on any atom is 0.221 e. The van der Waals surface area contributed by atoms with Crippen molar-refractivity contribution in [3.63, 3.8) is 0 Å². The van der Waals surface area contributed by atoms with Crippen LogP contribution >= 0.6 is 0 Å². The number of benzene rings is 1. The van der Waals surface area contributed by atoms with Gasteiger partial charge in [0.1, 0.15) is 0 Å². The molecule has 4 N–H and O–H groups in total. The Balaban J connectivity index is 0.00000196. The fourth-order valence-electron chi connectivity index (χ4n) is 1.58. The van der Waals surface area contributed by atoms with E-state index in [9.17, 15) is 4.79 Å². The van der Waals surface area contributed by atoms with Gasteiger partial charge in [0.05, 0.1) is 0 Å². The summed E-state index contributed by atoms with van der Waals surface area (Å²) in [5, 5.41) is 2.90. The minimum absolute atomic E-state index is 0. The molecule has 0 aliphatic carbocycles. The number of hydrogen-bond acceptors (Lipinski definition) is 2. The molecule has 0 aromatic heterocycles. The smallest absolute Gasteiger partial charge is 0.221 e. The van der Waals surface area contributed by atoms with E-state index in [1.807, 2.05) is 6.07 Å². The average molecular weight is 208 g/mol. The van der Waals surface area contributed by atoms with Crippen molar-refractivity contribution in [3.05, 3.63) is 29.3 Å². The zero-order chi connectivity index (χ0) is 10.6. The quantitative estimate of drug-likeness (QED) is 0.802. The molecule has 1 rings (SSSR count). The van der Waals surface area contributed by atoms with Crippen LogP contribution in [0.1, 0.15) is 31.9 Å². The Labute approximate surface area is 91.5 Å². The summed E-state index contributed by atoms with van der Waals surface area (Å²) in [6.07, 6.45) is 1.90. The van der Waals surface area contributed by atoms with Crippen LogP contribution in [0.2, 0.25) is 0 Å². The van der Waals surface area contributed by atoms with Gasteiger partial charge in [-0.05, 0) is 24.0 Å². The van der Waals surface area contributed by atoms with Crippen molar-refractivity contribution >= 4 is 11.6 Å². The van der Waals surface area contributed by atoms with E-state index < -0.39 is 0 Å². The molecule has 0 unspecified atom stereocenters. The van der Waals surface area contributed by atoms with Crippen molar-refractivity contribution < 1.29 is 4.79 Å². The summed E-state index contributed by atoms with van der Waals surface area (Å²) in [6.45, 7) is 5.74. The second-order valence-corrected chi connectivity index (χ2v) is 3.34. The van der Waals surface area contributed by atoms with E-state index in [0.29, 0.717) is 0 Å². The van der Waals surface area contributed by atoms with E-state index in [-0.39, 0.29) is 12.1 Å². The molecule has 84 valence electrons. The highest BCUT2D eigenvalue weighted by atomic mass is 16.1. The second-order valence-electron chi connectivity index (χ2n) is 3.34. The number of para-hydroxylation sites is 1. The van der Waals surface area contributed by atoms with Gasteiger partial charge in [-0.15, -0.1) is 0 Å². The molecule has 3 heteroatoms. The molecule has 15 heavy (non-hydrogen) atoms. The number of aryl methyl sites for hydroxylation is 2. The number of carbonyl (C=O) groups is 1. The van der Waals surface area contributed by atoms with Crippen LogP contribution in [0.15, 0.2) is 18.2 Å². The lowest BCUT2D eigenvalue weighted by molar-refractivity contribution is -0.114. The average Bonchev–Trinajstić information content (AvgIpc) is 2.17. The zero-order valence-electron chi connectivity index (χ0n) is 9.76. The first-order chi connectivity index (χ1) is 6.69. The Morgan fingerprint density at radius 1 is 1.20 bits per heavy atom. The molecule has 0 fully saturated rings. The van der Waals surface area contributed by atoms with Gasteiger partial charge in [-0.25, -0.2) is 0 Å². The molecule has 0 aliphatic heterocycles. The molecule has 0 atom stereocenters. The molecule has 0 bridgehead atoms. The number of carbonyl (C=O) groups excluding carboxylic acids is 1. The minimum Gasteiger partial charge on any atom is -0.344 e. The number of amides is 1. The third-order valence-electron chi connectivity index (χ3n) is 2.30. The van der Waals surface area contributed by atoms with E-state index in [0.717, 1.165) is 18.5 Å². The Bertz CT molecular complexity index is 312. The summed E-state index contributed by atoms with van der Waals surface area (Å²) in [6, 6.07) is 6.16. The first kappa shape index (κ1) is 13.7. The largest absolute Gasteiger partial charge is 0.344 e. The van der Waals surface area contributed by atoms with Crippen LogP contribution in [0, 0.1) is 0 Å². The van der Waals surface area contributed by atoms with Gasteiger partial charge in [-0.3, -0.25) is 4.79 Å². The van der Waals surface area contributed by atoms with Crippen molar-refractivity contribution in [2.24, 2.45) is 0 Å². The van der Waals surface area contributed by atoms with Crippen molar-refractivity contribution in [2.45, 2.75) is 33.6 Å². The summed E-state index contributed by atoms with van der Waals surface area (Å²) >= 11 is 0. The summed E-state index contributed by atoms with van der Waals surface area (Å²) in [7, 11) is 0. The van der Waals surface area contributed by atoms with E-state index >= 15 is 0 Å². The van der Waals surface area contributed by atoms with Gasteiger partial charge in [-0.1, -0.05) is 32.0 Å². The fourth-order valence-corrected chi connectivity index (χ4v) is 1.58. The highest BCUT2D eigenvalue weighted by molar-refractivity contribution is 5.90. The molecule has 1 aromatic rings. The van der Waals surface area contributed by atoms with Gasteiger partial charge in [0, 0.05) is 12.6 Å². The topological polar surface area (TPSA) is 64.1 Å². The normalized spacial score (nSPS) is 9.27. The van der Waals surface area contributed by atoms with Gasteiger partial charge in [0.25, 0.3) is 0 Å². The van der Waals surface area contributed by atoms with Crippen LogP contribution in [-0.4, -0.2) is 5.91 Å². The molecule has 0 spiro atoms. The molecule has 1 amide bonds. The third kappa shape index (κ3) is 3.36. The lowest BCUT2D eigenvalue weighted by atomic mass is 10.0. The fraction of sp³-hybridized carbons (Fsp3) is 0.417. The number of rotatable bonds is 3. The Morgan fingerprint density at radius 2 is 1.67 bits per heavy atom. The maximum absolute atomic E-state index is 11.0. The second kappa shape index (κ2) is 6.19. The minimum atomic E-state index is 0. The Kier molecular flexibility index (Phi) is 5.64. The predicted octanol–water partition coefficient (Wildman–Crippen LogP) is 2.93.